The SMILES string of the molecule is CCNC(=NCCCN1C(=O)COc2ccccc21)N1CCC(C(=O)OCC)CC1.I. The van der Waals surface area contributed by atoms with Crippen LogP contribution in [0.2, 0.25) is 0 Å². The van der Waals surface area contributed by atoms with Crippen molar-refractivity contribution in [3.8, 4) is 5.75 Å². The Bertz CT molecular complexity index is 766. The van der Waals surface area contributed by atoms with Crippen LogP contribution in [0.4, 0.5) is 5.69 Å². The van der Waals surface area contributed by atoms with Crippen LogP contribution >= 0.6 is 24.0 Å². The molecule has 0 bridgehead atoms. The molecule has 1 aromatic rings. The van der Waals surface area contributed by atoms with Crippen LogP contribution in [0.25, 0.3) is 0 Å². The second-order valence-corrected chi connectivity index (χ2v) is 7.40. The standard InChI is InChI=1S/C22H32N4O4.HI/c1-3-23-22(25-14-10-17(11-15-25)21(28)29-4-2)24-12-7-13-26-18-8-5-6-9-19(18)30-16-20(26)27;/h5-6,8-9,17H,3-4,7,10-16H2,1-2H3,(H,23,24);1H. The lowest BCUT2D eigenvalue weighted by atomic mass is 9.97. The van der Waals surface area contributed by atoms with Gasteiger partial charge in [-0.05, 0) is 45.2 Å². The molecular weight excluding hydrogens is 511 g/mol. The highest BCUT2D eigenvalue weighted by Gasteiger charge is 2.27. The third-order valence-electron chi connectivity index (χ3n) is 5.36. The van der Waals surface area contributed by atoms with Crippen molar-refractivity contribution >= 4 is 47.5 Å². The molecule has 0 aromatic heterocycles. The molecule has 1 saturated heterocycles. The van der Waals surface area contributed by atoms with Gasteiger partial charge in [-0.15, -0.1) is 24.0 Å². The molecule has 9 heteroatoms. The zero-order valence-electron chi connectivity index (χ0n) is 18.3. The first-order valence-corrected chi connectivity index (χ1v) is 10.9. The summed E-state index contributed by atoms with van der Waals surface area (Å²) in [5.74, 6) is 1.49. The zero-order valence-corrected chi connectivity index (χ0v) is 20.7. The molecule has 0 unspecified atom stereocenters. The van der Waals surface area contributed by atoms with Gasteiger partial charge in [0.15, 0.2) is 12.6 Å². The summed E-state index contributed by atoms with van der Waals surface area (Å²) >= 11 is 0. The molecule has 0 aliphatic carbocycles. The maximum absolute atomic E-state index is 12.3. The van der Waals surface area contributed by atoms with Crippen LogP contribution in [0.15, 0.2) is 29.3 Å². The minimum atomic E-state index is -0.0884. The number of hydrogen-bond acceptors (Lipinski definition) is 5. The molecule has 0 saturated carbocycles. The fourth-order valence-electron chi connectivity index (χ4n) is 3.83. The molecule has 1 N–H and O–H groups in total. The molecule has 2 aliphatic rings. The van der Waals surface area contributed by atoms with Crippen LogP contribution in [0.1, 0.15) is 33.1 Å². The Balaban J connectivity index is 0.00000341. The van der Waals surface area contributed by atoms with Gasteiger partial charge in [0.25, 0.3) is 5.91 Å². The average Bonchev–Trinajstić information content (AvgIpc) is 2.77. The molecule has 1 fully saturated rings. The van der Waals surface area contributed by atoms with Gasteiger partial charge in [-0.3, -0.25) is 14.6 Å². The number of ether oxygens (including phenoxy) is 2. The summed E-state index contributed by atoms with van der Waals surface area (Å²) in [5.41, 5.74) is 0.825. The summed E-state index contributed by atoms with van der Waals surface area (Å²) in [5, 5.41) is 3.34. The molecule has 1 amide bonds. The normalized spacial score (nSPS) is 16.8. The molecule has 2 heterocycles. The number of benzene rings is 1. The fourth-order valence-corrected chi connectivity index (χ4v) is 3.83. The highest BCUT2D eigenvalue weighted by atomic mass is 127. The highest BCUT2D eigenvalue weighted by Crippen LogP contribution is 2.31. The molecule has 3 rings (SSSR count). The smallest absolute Gasteiger partial charge is 0.309 e. The van der Waals surface area contributed by atoms with E-state index in [1.54, 1.807) is 4.90 Å². The van der Waals surface area contributed by atoms with Gasteiger partial charge < -0.3 is 24.6 Å². The molecule has 2 aliphatic heterocycles. The Labute approximate surface area is 201 Å². The second-order valence-electron chi connectivity index (χ2n) is 7.40. The number of aliphatic imine (C=N–C) groups is 1. The fraction of sp³-hybridized carbons (Fsp3) is 0.591. The van der Waals surface area contributed by atoms with E-state index in [1.807, 2.05) is 38.1 Å². The minimum Gasteiger partial charge on any atom is -0.482 e. The summed E-state index contributed by atoms with van der Waals surface area (Å²) < 4.78 is 10.6. The first kappa shape index (κ1) is 25.2. The average molecular weight is 544 g/mol. The topological polar surface area (TPSA) is 83.5 Å². The predicted octanol–water partition coefficient (Wildman–Crippen LogP) is 2.66. The van der Waals surface area contributed by atoms with E-state index in [1.165, 1.54) is 0 Å². The number of halogens is 1. The molecule has 0 radical (unpaired) electrons. The summed E-state index contributed by atoms with van der Waals surface area (Å²) in [4.78, 5) is 33.0. The number of rotatable bonds is 7. The van der Waals surface area contributed by atoms with Gasteiger partial charge in [0.2, 0.25) is 0 Å². The largest absolute Gasteiger partial charge is 0.482 e. The number of likely N-dealkylation sites (tertiary alicyclic amines) is 1. The van der Waals surface area contributed by atoms with Crippen molar-refractivity contribution in [1.29, 1.82) is 0 Å². The molecule has 0 atom stereocenters. The quantitative estimate of drug-likeness (QED) is 0.187. The van der Waals surface area contributed by atoms with Crippen LogP contribution in [-0.4, -0.2) is 68.7 Å². The van der Waals surface area contributed by atoms with E-state index in [0.29, 0.717) is 19.7 Å². The number of para-hydroxylation sites is 2. The van der Waals surface area contributed by atoms with Gasteiger partial charge in [-0.1, -0.05) is 12.1 Å². The predicted molar refractivity (Wildman–Crippen MR) is 131 cm³/mol. The summed E-state index contributed by atoms with van der Waals surface area (Å²) in [6.45, 7) is 7.97. The van der Waals surface area contributed by atoms with E-state index in [2.05, 4.69) is 10.2 Å². The summed E-state index contributed by atoms with van der Waals surface area (Å²) in [6.07, 6.45) is 2.32. The number of carbonyl (C=O) groups excluding carboxylic acids is 2. The van der Waals surface area contributed by atoms with Crippen LogP contribution in [-0.2, 0) is 14.3 Å². The number of carbonyl (C=O) groups is 2. The van der Waals surface area contributed by atoms with E-state index >= 15 is 0 Å². The molecule has 1 aromatic carbocycles. The zero-order chi connectivity index (χ0) is 21.3. The van der Waals surface area contributed by atoms with E-state index < -0.39 is 0 Å². The minimum absolute atomic E-state index is 0. The number of nitrogens with one attached hydrogen (secondary N) is 1. The van der Waals surface area contributed by atoms with Gasteiger partial charge in [-0.25, -0.2) is 0 Å². The van der Waals surface area contributed by atoms with Crippen molar-refractivity contribution in [3.05, 3.63) is 24.3 Å². The lowest BCUT2D eigenvalue weighted by Crippen LogP contribution is -2.47. The van der Waals surface area contributed by atoms with Crippen LogP contribution in [0, 0.1) is 5.92 Å². The number of nitrogens with zero attached hydrogens (tertiary/aromatic N) is 3. The second kappa shape index (κ2) is 12.7. The Morgan fingerprint density at radius 1 is 1.26 bits per heavy atom. The number of piperidine rings is 1. The Hall–Kier alpha value is -2.04. The number of fused-ring (bicyclic) bond motifs is 1. The van der Waals surface area contributed by atoms with Crippen LogP contribution < -0.4 is 15.0 Å². The Morgan fingerprint density at radius 2 is 2.00 bits per heavy atom. The molecule has 172 valence electrons. The maximum atomic E-state index is 12.3. The number of esters is 1. The first-order valence-electron chi connectivity index (χ1n) is 10.9. The Kier molecular flexibility index (Phi) is 10.4. The van der Waals surface area contributed by atoms with Gasteiger partial charge in [0, 0.05) is 32.7 Å². The number of anilines is 1. The lowest BCUT2D eigenvalue weighted by Gasteiger charge is -2.33. The van der Waals surface area contributed by atoms with E-state index in [0.717, 1.165) is 56.3 Å². The van der Waals surface area contributed by atoms with Crippen LogP contribution in [0.3, 0.4) is 0 Å². The van der Waals surface area contributed by atoms with Crippen molar-refractivity contribution in [1.82, 2.24) is 10.2 Å². The molecule has 0 spiro atoms. The van der Waals surface area contributed by atoms with E-state index in [4.69, 9.17) is 14.5 Å². The van der Waals surface area contributed by atoms with Crippen molar-refractivity contribution in [2.75, 3.05) is 50.8 Å². The summed E-state index contributed by atoms with van der Waals surface area (Å²) in [6, 6.07) is 7.61. The Morgan fingerprint density at radius 3 is 2.71 bits per heavy atom. The third kappa shape index (κ3) is 6.72. The van der Waals surface area contributed by atoms with Gasteiger partial charge >= 0.3 is 5.97 Å². The monoisotopic (exact) mass is 544 g/mol. The van der Waals surface area contributed by atoms with Crippen molar-refractivity contribution in [3.63, 3.8) is 0 Å². The highest BCUT2D eigenvalue weighted by molar-refractivity contribution is 14.0. The number of guanidine groups is 1. The van der Waals surface area contributed by atoms with Crippen molar-refractivity contribution < 1.29 is 19.1 Å². The number of hydrogen-bond donors (Lipinski definition) is 1. The van der Waals surface area contributed by atoms with Gasteiger partial charge in [-0.2, -0.15) is 0 Å². The van der Waals surface area contributed by atoms with Gasteiger partial charge in [0.05, 0.1) is 18.2 Å². The van der Waals surface area contributed by atoms with E-state index in [9.17, 15) is 9.59 Å². The lowest BCUT2D eigenvalue weighted by molar-refractivity contribution is -0.149. The van der Waals surface area contributed by atoms with Crippen molar-refractivity contribution in [2.45, 2.75) is 33.1 Å². The third-order valence-corrected chi connectivity index (χ3v) is 5.36. The van der Waals surface area contributed by atoms with Crippen molar-refractivity contribution in [2.24, 2.45) is 10.9 Å². The molecular formula is C22H33IN4O4. The first-order chi connectivity index (χ1) is 14.6. The number of amides is 1. The van der Waals surface area contributed by atoms with E-state index in [-0.39, 0.29) is 48.4 Å². The van der Waals surface area contributed by atoms with Gasteiger partial charge in [0.1, 0.15) is 5.75 Å². The molecule has 31 heavy (non-hydrogen) atoms. The van der Waals surface area contributed by atoms with Crippen LogP contribution in [0.5, 0.6) is 5.75 Å². The molecule has 8 nitrogen and oxygen atoms in total. The summed E-state index contributed by atoms with van der Waals surface area (Å²) in [7, 11) is 0. The maximum Gasteiger partial charge on any atom is 0.309 e.